The molecule has 1 aliphatic heterocycles. The molecule has 1 aliphatic carbocycles. The number of hydrogen-bond acceptors (Lipinski definition) is 5. The molecule has 1 saturated carbocycles. The van der Waals surface area contributed by atoms with E-state index in [0.717, 1.165) is 19.3 Å². The molecule has 1 saturated heterocycles. The molecule has 0 bridgehead atoms. The third-order valence-electron chi connectivity index (χ3n) is 5.55. The highest BCUT2D eigenvalue weighted by Gasteiger charge is 2.49. The van der Waals surface area contributed by atoms with Gasteiger partial charge in [0.1, 0.15) is 0 Å². The lowest BCUT2D eigenvalue weighted by Gasteiger charge is -2.43. The van der Waals surface area contributed by atoms with Crippen LogP contribution in [0.1, 0.15) is 45.4 Å². The van der Waals surface area contributed by atoms with Gasteiger partial charge in [-0.15, -0.1) is 0 Å². The molecule has 0 aromatic heterocycles. The van der Waals surface area contributed by atoms with Gasteiger partial charge in [-0.25, -0.2) is 8.42 Å². The largest absolute Gasteiger partial charge is 0.382 e. The Hall–Kier alpha value is -0.660. The molecule has 2 fully saturated rings. The van der Waals surface area contributed by atoms with Crippen molar-refractivity contribution < 1.29 is 17.9 Å². The Bertz CT molecular complexity index is 508. The second kappa shape index (κ2) is 7.49. The number of sulfone groups is 1. The summed E-state index contributed by atoms with van der Waals surface area (Å²) in [7, 11) is -3.44. The molecular weight excluding hydrogens is 316 g/mol. The molecule has 0 aromatic carbocycles. The zero-order chi connectivity index (χ0) is 17.0. The van der Waals surface area contributed by atoms with E-state index < -0.39 is 14.6 Å². The molecule has 0 aromatic rings. The summed E-state index contributed by atoms with van der Waals surface area (Å²) in [6, 6.07) is 0. The Balaban J connectivity index is 1.99. The van der Waals surface area contributed by atoms with Crippen LogP contribution in [-0.2, 0) is 19.4 Å². The maximum atomic E-state index is 12.7. The predicted octanol–water partition coefficient (Wildman–Crippen LogP) is 0.866. The fraction of sp³-hybridized carbons (Fsp3) is 0.938. The fourth-order valence-electron chi connectivity index (χ4n) is 3.65. The second-order valence-electron chi connectivity index (χ2n) is 7.00. The molecule has 6 nitrogen and oxygen atoms in total. The quantitative estimate of drug-likeness (QED) is 0.637. The summed E-state index contributed by atoms with van der Waals surface area (Å²) in [6.07, 6.45) is 6.14. The maximum absolute atomic E-state index is 12.7. The van der Waals surface area contributed by atoms with Gasteiger partial charge in [0.15, 0.2) is 14.6 Å². The lowest BCUT2D eigenvalue weighted by molar-refractivity contribution is -0.125. The van der Waals surface area contributed by atoms with Gasteiger partial charge in [0.2, 0.25) is 5.91 Å². The molecule has 0 spiro atoms. The molecule has 2 aliphatic rings. The van der Waals surface area contributed by atoms with Crippen molar-refractivity contribution in [2.75, 3.05) is 39.1 Å². The summed E-state index contributed by atoms with van der Waals surface area (Å²) in [5.74, 6) is -0.316. The van der Waals surface area contributed by atoms with E-state index >= 15 is 0 Å². The number of hydrogen-bond donors (Lipinski definition) is 2. The molecule has 0 radical (unpaired) electrons. The first-order valence-corrected chi connectivity index (χ1v) is 10.5. The van der Waals surface area contributed by atoms with Crippen molar-refractivity contribution in [2.45, 2.75) is 50.2 Å². The molecule has 1 amide bonds. The first kappa shape index (κ1) is 18.7. The van der Waals surface area contributed by atoms with Gasteiger partial charge in [-0.2, -0.15) is 0 Å². The van der Waals surface area contributed by atoms with Gasteiger partial charge in [0.05, 0.1) is 0 Å². The number of nitrogens with one attached hydrogen (secondary N) is 2. The van der Waals surface area contributed by atoms with Crippen LogP contribution < -0.4 is 10.6 Å². The lowest BCUT2D eigenvalue weighted by Crippen LogP contribution is -2.58. The first-order valence-electron chi connectivity index (χ1n) is 8.62. The van der Waals surface area contributed by atoms with E-state index in [9.17, 15) is 13.2 Å². The van der Waals surface area contributed by atoms with Crippen molar-refractivity contribution in [2.24, 2.45) is 5.41 Å². The van der Waals surface area contributed by atoms with Gasteiger partial charge in [-0.1, -0.05) is 6.42 Å². The van der Waals surface area contributed by atoms with Crippen LogP contribution >= 0.6 is 0 Å². The van der Waals surface area contributed by atoms with Crippen LogP contribution in [0.4, 0.5) is 0 Å². The summed E-state index contributed by atoms with van der Waals surface area (Å²) in [4.78, 5) is 12.7. The average molecular weight is 346 g/mol. The Kier molecular flexibility index (Phi) is 6.08. The fourth-order valence-corrected chi connectivity index (χ4v) is 5.01. The van der Waals surface area contributed by atoms with Crippen LogP contribution in [0, 0.1) is 5.41 Å². The zero-order valence-electron chi connectivity index (χ0n) is 14.3. The van der Waals surface area contributed by atoms with Gasteiger partial charge in [-0.05, 0) is 57.5 Å². The van der Waals surface area contributed by atoms with Crippen molar-refractivity contribution in [3.05, 3.63) is 0 Å². The Labute approximate surface area is 139 Å². The van der Waals surface area contributed by atoms with E-state index in [4.69, 9.17) is 4.74 Å². The van der Waals surface area contributed by atoms with Gasteiger partial charge < -0.3 is 15.4 Å². The van der Waals surface area contributed by atoms with Crippen molar-refractivity contribution in [3.8, 4) is 0 Å². The Morgan fingerprint density at radius 1 is 1.22 bits per heavy atom. The maximum Gasteiger partial charge on any atom is 0.241 e. The molecule has 134 valence electrons. The van der Waals surface area contributed by atoms with Gasteiger partial charge >= 0.3 is 0 Å². The number of amides is 1. The number of piperidine rings is 1. The summed E-state index contributed by atoms with van der Waals surface area (Å²) >= 11 is 0. The summed E-state index contributed by atoms with van der Waals surface area (Å²) in [5.41, 5.74) is 0.0937. The van der Waals surface area contributed by atoms with Crippen LogP contribution in [0.3, 0.4) is 0 Å². The van der Waals surface area contributed by atoms with Gasteiger partial charge in [0, 0.05) is 26.0 Å². The number of carbonyl (C=O) groups excluding carboxylic acids is 1. The number of carbonyl (C=O) groups is 1. The van der Waals surface area contributed by atoms with Gasteiger partial charge in [-0.3, -0.25) is 4.79 Å². The smallest absolute Gasteiger partial charge is 0.241 e. The average Bonchev–Trinajstić information content (AvgIpc) is 2.48. The molecule has 7 heteroatoms. The Morgan fingerprint density at radius 3 is 2.35 bits per heavy atom. The van der Waals surface area contributed by atoms with Crippen LogP contribution in [0.15, 0.2) is 0 Å². The van der Waals surface area contributed by atoms with E-state index in [1.54, 1.807) is 0 Å². The highest BCUT2D eigenvalue weighted by Crippen LogP contribution is 2.43. The van der Waals surface area contributed by atoms with E-state index in [0.29, 0.717) is 45.7 Å². The minimum Gasteiger partial charge on any atom is -0.382 e. The molecule has 2 rings (SSSR count). The monoisotopic (exact) mass is 346 g/mol. The molecule has 2 N–H and O–H groups in total. The van der Waals surface area contributed by atoms with Crippen LogP contribution in [-0.4, -0.2) is 58.2 Å². The zero-order valence-corrected chi connectivity index (χ0v) is 15.1. The summed E-state index contributed by atoms with van der Waals surface area (Å²) < 4.78 is 28.7. The van der Waals surface area contributed by atoms with Crippen molar-refractivity contribution in [1.82, 2.24) is 10.6 Å². The van der Waals surface area contributed by atoms with Crippen molar-refractivity contribution in [1.29, 1.82) is 0 Å². The first-order chi connectivity index (χ1) is 10.9. The second-order valence-corrected chi connectivity index (χ2v) is 9.33. The van der Waals surface area contributed by atoms with E-state index in [1.165, 1.54) is 12.7 Å². The topological polar surface area (TPSA) is 84.5 Å². The Morgan fingerprint density at radius 2 is 1.87 bits per heavy atom. The number of rotatable bonds is 8. The molecule has 23 heavy (non-hydrogen) atoms. The standard InChI is InChI=1S/C16H30N2O4S/c1-3-22-12-9-15(5-4-6-15)13-18-14(19)16(23(2,20)21)7-10-17-11-8-16/h17H,3-13H2,1-2H3,(H,18,19). The normalized spacial score (nSPS) is 23.0. The van der Waals surface area contributed by atoms with Crippen LogP contribution in [0.25, 0.3) is 0 Å². The minimum absolute atomic E-state index is 0.0937. The summed E-state index contributed by atoms with van der Waals surface area (Å²) in [6.45, 7) is 5.07. The van der Waals surface area contributed by atoms with Crippen molar-refractivity contribution >= 4 is 15.7 Å². The predicted molar refractivity (Wildman–Crippen MR) is 90.1 cm³/mol. The summed E-state index contributed by atoms with van der Waals surface area (Å²) in [5, 5.41) is 6.10. The lowest BCUT2D eigenvalue weighted by atomic mass is 9.66. The highest BCUT2D eigenvalue weighted by atomic mass is 32.2. The third kappa shape index (κ3) is 4.06. The molecule has 1 heterocycles. The van der Waals surface area contributed by atoms with Crippen LogP contribution in [0.2, 0.25) is 0 Å². The highest BCUT2D eigenvalue weighted by molar-refractivity contribution is 7.92. The molecule has 0 unspecified atom stereocenters. The van der Waals surface area contributed by atoms with Crippen LogP contribution in [0.5, 0.6) is 0 Å². The van der Waals surface area contributed by atoms with E-state index in [2.05, 4.69) is 10.6 Å². The molecular formula is C16H30N2O4S. The van der Waals surface area contributed by atoms with E-state index in [-0.39, 0.29) is 11.3 Å². The van der Waals surface area contributed by atoms with Gasteiger partial charge in [0.25, 0.3) is 0 Å². The van der Waals surface area contributed by atoms with E-state index in [1.807, 2.05) is 6.92 Å². The SMILES string of the molecule is CCOCCC1(CNC(=O)C2(S(C)(=O)=O)CCNCC2)CCC1. The third-order valence-corrected chi connectivity index (χ3v) is 7.57. The number of ether oxygens (including phenoxy) is 1. The van der Waals surface area contributed by atoms with Crippen molar-refractivity contribution in [3.63, 3.8) is 0 Å². The minimum atomic E-state index is -3.44. The molecule has 0 atom stereocenters.